The minimum Gasteiger partial charge on any atom is -0.497 e. The first kappa shape index (κ1) is 29.7. The Labute approximate surface area is 231 Å². The van der Waals surface area contributed by atoms with E-state index in [0.29, 0.717) is 11.4 Å². The summed E-state index contributed by atoms with van der Waals surface area (Å²) in [5.41, 5.74) is 2.88. The van der Waals surface area contributed by atoms with E-state index >= 15 is 0 Å². The molecule has 0 heterocycles. The van der Waals surface area contributed by atoms with Crippen molar-refractivity contribution in [1.29, 1.82) is 0 Å². The molecule has 1 N–H and O–H groups in total. The lowest BCUT2D eigenvalue weighted by atomic mass is 10.1. The largest absolute Gasteiger partial charge is 0.497 e. The molecule has 0 bridgehead atoms. The molecule has 0 aliphatic rings. The van der Waals surface area contributed by atoms with Crippen molar-refractivity contribution in [3.05, 3.63) is 89.5 Å². The smallest absolute Gasteiger partial charge is 0.264 e. The van der Waals surface area contributed by atoms with Gasteiger partial charge in [-0.05, 0) is 82.1 Å². The summed E-state index contributed by atoms with van der Waals surface area (Å²) >= 11 is 0. The van der Waals surface area contributed by atoms with Crippen LogP contribution in [0.5, 0.6) is 5.75 Å². The second kappa shape index (κ2) is 12.8. The Kier molecular flexibility index (Phi) is 9.75. The van der Waals surface area contributed by atoms with Crippen molar-refractivity contribution in [2.24, 2.45) is 0 Å². The van der Waals surface area contributed by atoms with E-state index in [1.54, 1.807) is 62.6 Å². The molecular formula is C30H37N3O5S. The van der Waals surface area contributed by atoms with Crippen molar-refractivity contribution in [2.45, 2.75) is 58.1 Å². The van der Waals surface area contributed by atoms with E-state index in [9.17, 15) is 18.0 Å². The summed E-state index contributed by atoms with van der Waals surface area (Å²) in [5, 5.41) is 2.85. The molecule has 0 radical (unpaired) electrons. The average molecular weight is 552 g/mol. The highest BCUT2D eigenvalue weighted by atomic mass is 32.2. The van der Waals surface area contributed by atoms with Crippen molar-refractivity contribution in [2.75, 3.05) is 18.0 Å². The number of hydrogen-bond donors (Lipinski definition) is 1. The predicted octanol–water partition coefficient (Wildman–Crippen LogP) is 4.45. The molecule has 9 heteroatoms. The Bertz CT molecular complexity index is 1400. The fourth-order valence-electron chi connectivity index (χ4n) is 4.10. The van der Waals surface area contributed by atoms with Gasteiger partial charge in [0.2, 0.25) is 11.8 Å². The average Bonchev–Trinajstić information content (AvgIpc) is 2.89. The van der Waals surface area contributed by atoms with Gasteiger partial charge in [-0.1, -0.05) is 42.0 Å². The van der Waals surface area contributed by atoms with E-state index in [0.717, 1.165) is 21.0 Å². The Morgan fingerprint density at radius 3 is 2.18 bits per heavy atom. The lowest BCUT2D eigenvalue weighted by molar-refractivity contribution is -0.139. The molecule has 1 atom stereocenters. The van der Waals surface area contributed by atoms with Crippen LogP contribution < -0.4 is 14.4 Å². The Morgan fingerprint density at radius 1 is 0.897 bits per heavy atom. The van der Waals surface area contributed by atoms with Crippen LogP contribution in [0.2, 0.25) is 0 Å². The summed E-state index contributed by atoms with van der Waals surface area (Å²) in [6.45, 7) is 8.66. The van der Waals surface area contributed by atoms with E-state index in [2.05, 4.69) is 5.32 Å². The highest BCUT2D eigenvalue weighted by molar-refractivity contribution is 7.92. The van der Waals surface area contributed by atoms with Crippen molar-refractivity contribution >= 4 is 27.5 Å². The van der Waals surface area contributed by atoms with Crippen LogP contribution >= 0.6 is 0 Å². The van der Waals surface area contributed by atoms with Crippen LogP contribution in [0.1, 0.15) is 37.5 Å². The first-order valence-corrected chi connectivity index (χ1v) is 14.2. The normalized spacial score (nSPS) is 12.1. The molecule has 2 amide bonds. The van der Waals surface area contributed by atoms with E-state index in [-0.39, 0.29) is 23.4 Å². The summed E-state index contributed by atoms with van der Waals surface area (Å²) in [6.07, 6.45) is 0. The molecule has 0 aromatic heterocycles. The van der Waals surface area contributed by atoms with E-state index in [4.69, 9.17) is 4.74 Å². The molecule has 0 fully saturated rings. The van der Waals surface area contributed by atoms with Crippen LogP contribution in [0.4, 0.5) is 5.69 Å². The topological polar surface area (TPSA) is 96.0 Å². The third-order valence-corrected chi connectivity index (χ3v) is 8.05. The Hall–Kier alpha value is -3.85. The van der Waals surface area contributed by atoms with Gasteiger partial charge >= 0.3 is 0 Å². The fourth-order valence-corrected chi connectivity index (χ4v) is 5.51. The van der Waals surface area contributed by atoms with Crippen molar-refractivity contribution in [3.8, 4) is 5.75 Å². The second-order valence-electron chi connectivity index (χ2n) is 9.88. The number of benzene rings is 3. The number of carbonyl (C=O) groups is 2. The predicted molar refractivity (Wildman–Crippen MR) is 153 cm³/mol. The minimum atomic E-state index is -4.10. The summed E-state index contributed by atoms with van der Waals surface area (Å²) in [6, 6.07) is 19.7. The first-order valence-electron chi connectivity index (χ1n) is 12.8. The fraction of sp³-hybridized carbons (Fsp3) is 0.333. The third-order valence-electron chi connectivity index (χ3n) is 6.26. The number of nitrogens with zero attached hydrogens (tertiary/aromatic N) is 2. The number of aryl methyl sites for hydroxylation is 2. The van der Waals surface area contributed by atoms with Crippen LogP contribution in [-0.2, 0) is 26.2 Å². The summed E-state index contributed by atoms with van der Waals surface area (Å²) in [4.78, 5) is 28.4. The molecule has 0 spiro atoms. The van der Waals surface area contributed by atoms with Crippen molar-refractivity contribution in [1.82, 2.24) is 10.2 Å². The first-order chi connectivity index (χ1) is 18.4. The zero-order valence-electron chi connectivity index (χ0n) is 23.3. The molecule has 8 nitrogen and oxygen atoms in total. The lowest BCUT2D eigenvalue weighted by Crippen LogP contribution is -2.52. The molecule has 0 saturated heterocycles. The molecular weight excluding hydrogens is 514 g/mol. The number of anilines is 1. The monoisotopic (exact) mass is 551 g/mol. The number of methoxy groups -OCH3 is 1. The number of rotatable bonds is 11. The van der Waals surface area contributed by atoms with Crippen LogP contribution in [0, 0.1) is 13.8 Å². The number of ether oxygens (including phenoxy) is 1. The molecule has 3 aromatic carbocycles. The maximum atomic E-state index is 13.9. The van der Waals surface area contributed by atoms with Crippen molar-refractivity contribution < 1.29 is 22.7 Å². The molecule has 0 aliphatic heterocycles. The van der Waals surface area contributed by atoms with Crippen LogP contribution in [0.3, 0.4) is 0 Å². The van der Waals surface area contributed by atoms with E-state index in [1.165, 1.54) is 17.0 Å². The third kappa shape index (κ3) is 7.60. The standard InChI is InChI=1S/C30H37N3O5S/c1-21(2)31-30(35)24(5)32(19-25-10-8-12-27(18-25)38-6)29(34)20-33(26-11-7-9-23(4)17-26)39(36,37)28-15-13-22(3)14-16-28/h7-18,21,24H,19-20H2,1-6H3,(H,31,35)/t24-/m0/s1. The van der Waals surface area contributed by atoms with Crippen LogP contribution in [0.15, 0.2) is 77.7 Å². The van der Waals surface area contributed by atoms with E-state index < -0.39 is 28.5 Å². The van der Waals surface area contributed by atoms with Crippen LogP contribution in [0.25, 0.3) is 0 Å². The number of sulfonamides is 1. The zero-order chi connectivity index (χ0) is 28.7. The van der Waals surface area contributed by atoms with Gasteiger partial charge in [-0.2, -0.15) is 0 Å². The number of carbonyl (C=O) groups excluding carboxylic acids is 2. The Morgan fingerprint density at radius 2 is 1.56 bits per heavy atom. The molecule has 208 valence electrons. The van der Waals surface area contributed by atoms with Gasteiger partial charge in [0, 0.05) is 12.6 Å². The second-order valence-corrected chi connectivity index (χ2v) is 11.7. The molecule has 0 unspecified atom stereocenters. The van der Waals surface area contributed by atoms with Gasteiger partial charge in [-0.25, -0.2) is 8.42 Å². The van der Waals surface area contributed by atoms with Crippen molar-refractivity contribution in [3.63, 3.8) is 0 Å². The summed E-state index contributed by atoms with van der Waals surface area (Å²) < 4.78 is 34.2. The van der Waals surface area contributed by atoms with Gasteiger partial charge in [0.15, 0.2) is 0 Å². The molecule has 0 saturated carbocycles. The van der Waals surface area contributed by atoms with Gasteiger partial charge in [-0.3, -0.25) is 13.9 Å². The molecule has 3 rings (SSSR count). The molecule has 0 aliphatic carbocycles. The SMILES string of the molecule is COc1cccc(CN(C(=O)CN(c2cccc(C)c2)S(=O)(=O)c2ccc(C)cc2)[C@@H](C)C(=O)NC(C)C)c1. The number of nitrogens with one attached hydrogen (secondary N) is 1. The molecule has 3 aromatic rings. The maximum Gasteiger partial charge on any atom is 0.264 e. The van der Waals surface area contributed by atoms with Gasteiger partial charge in [-0.15, -0.1) is 0 Å². The van der Waals surface area contributed by atoms with E-state index in [1.807, 2.05) is 39.8 Å². The van der Waals surface area contributed by atoms with Gasteiger partial charge in [0.1, 0.15) is 18.3 Å². The zero-order valence-corrected chi connectivity index (χ0v) is 24.2. The lowest BCUT2D eigenvalue weighted by Gasteiger charge is -2.32. The highest BCUT2D eigenvalue weighted by Gasteiger charge is 2.32. The summed E-state index contributed by atoms with van der Waals surface area (Å²) in [7, 11) is -2.55. The minimum absolute atomic E-state index is 0.0763. The van der Waals surface area contributed by atoms with Gasteiger partial charge in [0.25, 0.3) is 10.0 Å². The maximum absolute atomic E-state index is 13.9. The molecule has 39 heavy (non-hydrogen) atoms. The van der Waals surface area contributed by atoms with Gasteiger partial charge in [0.05, 0.1) is 17.7 Å². The van der Waals surface area contributed by atoms with Gasteiger partial charge < -0.3 is 15.0 Å². The van der Waals surface area contributed by atoms with Crippen LogP contribution in [-0.4, -0.2) is 50.9 Å². The highest BCUT2D eigenvalue weighted by Crippen LogP contribution is 2.26. The number of amides is 2. The summed E-state index contributed by atoms with van der Waals surface area (Å²) in [5.74, 6) is -0.228. The Balaban J connectivity index is 2.04. The number of hydrogen-bond acceptors (Lipinski definition) is 5. The quantitative estimate of drug-likeness (QED) is 0.380.